The first-order valence-corrected chi connectivity index (χ1v) is 10.00. The van der Waals surface area contributed by atoms with Crippen LogP contribution in [0.4, 0.5) is 5.69 Å². The first-order chi connectivity index (χ1) is 13.5. The van der Waals surface area contributed by atoms with E-state index in [1.165, 1.54) is 0 Å². The van der Waals surface area contributed by atoms with E-state index in [0.29, 0.717) is 30.3 Å². The summed E-state index contributed by atoms with van der Waals surface area (Å²) in [6.07, 6.45) is 0.146. The van der Waals surface area contributed by atoms with Crippen LogP contribution in [-0.2, 0) is 4.79 Å². The van der Waals surface area contributed by atoms with Crippen LogP contribution in [-0.4, -0.2) is 50.2 Å². The molecule has 5 nitrogen and oxygen atoms in total. The summed E-state index contributed by atoms with van der Waals surface area (Å²) in [4.78, 5) is 17.1. The van der Waals surface area contributed by atoms with Crippen LogP contribution in [0.25, 0.3) is 0 Å². The van der Waals surface area contributed by atoms with E-state index >= 15 is 0 Å². The van der Waals surface area contributed by atoms with Crippen molar-refractivity contribution in [2.45, 2.75) is 26.4 Å². The average molecular weight is 403 g/mol. The van der Waals surface area contributed by atoms with Crippen LogP contribution < -0.4 is 14.4 Å². The number of benzene rings is 2. The van der Waals surface area contributed by atoms with Crippen molar-refractivity contribution in [2.75, 3.05) is 38.2 Å². The van der Waals surface area contributed by atoms with Crippen molar-refractivity contribution in [2.24, 2.45) is 0 Å². The number of anilines is 1. The highest BCUT2D eigenvalue weighted by Gasteiger charge is 2.28. The van der Waals surface area contributed by atoms with Crippen LogP contribution >= 0.6 is 11.6 Å². The van der Waals surface area contributed by atoms with E-state index in [-0.39, 0.29) is 5.91 Å². The number of amides is 1. The Labute approximate surface area is 171 Å². The SMILES string of the molecule is CCC(Oc1ccc(Cl)c(C)c1)C(=O)N1CCN(c2ccc(OC)cc2)CC1. The second kappa shape index (κ2) is 9.20. The fourth-order valence-corrected chi connectivity index (χ4v) is 3.46. The van der Waals surface area contributed by atoms with E-state index in [0.717, 1.165) is 30.1 Å². The van der Waals surface area contributed by atoms with Crippen molar-refractivity contribution < 1.29 is 14.3 Å². The van der Waals surface area contributed by atoms with E-state index in [1.807, 2.05) is 43.0 Å². The molecule has 1 atom stereocenters. The van der Waals surface area contributed by atoms with Crippen molar-refractivity contribution in [3.63, 3.8) is 0 Å². The van der Waals surface area contributed by atoms with Gasteiger partial charge in [0.1, 0.15) is 11.5 Å². The molecule has 0 aliphatic carbocycles. The quantitative estimate of drug-likeness (QED) is 0.727. The molecule has 1 unspecified atom stereocenters. The number of aryl methyl sites for hydroxylation is 1. The Morgan fingerprint density at radius 1 is 1.07 bits per heavy atom. The monoisotopic (exact) mass is 402 g/mol. The predicted octanol–water partition coefficient (Wildman–Crippen LogP) is 4.16. The largest absolute Gasteiger partial charge is 0.497 e. The molecule has 1 aliphatic heterocycles. The Kier molecular flexibility index (Phi) is 6.68. The van der Waals surface area contributed by atoms with Gasteiger partial charge in [-0.2, -0.15) is 0 Å². The molecule has 150 valence electrons. The molecule has 0 spiro atoms. The Morgan fingerprint density at radius 3 is 2.29 bits per heavy atom. The summed E-state index contributed by atoms with van der Waals surface area (Å²) < 4.78 is 11.2. The maximum absolute atomic E-state index is 13.0. The number of hydrogen-bond acceptors (Lipinski definition) is 4. The molecule has 1 amide bonds. The third-order valence-corrected chi connectivity index (χ3v) is 5.51. The highest BCUT2D eigenvalue weighted by atomic mass is 35.5. The zero-order valence-electron chi connectivity index (χ0n) is 16.7. The van der Waals surface area contributed by atoms with Gasteiger partial charge in [0.2, 0.25) is 0 Å². The molecule has 0 radical (unpaired) electrons. The van der Waals surface area contributed by atoms with E-state index in [4.69, 9.17) is 21.1 Å². The average Bonchev–Trinajstić information content (AvgIpc) is 2.74. The van der Waals surface area contributed by atoms with Crippen LogP contribution in [0.1, 0.15) is 18.9 Å². The van der Waals surface area contributed by atoms with Crippen molar-refractivity contribution >= 4 is 23.2 Å². The van der Waals surface area contributed by atoms with Gasteiger partial charge < -0.3 is 19.3 Å². The van der Waals surface area contributed by atoms with Gasteiger partial charge in [-0.3, -0.25) is 4.79 Å². The first kappa shape index (κ1) is 20.3. The molecular formula is C22H27ClN2O3. The minimum Gasteiger partial charge on any atom is -0.497 e. The number of hydrogen-bond donors (Lipinski definition) is 0. The van der Waals surface area contributed by atoms with Crippen molar-refractivity contribution in [1.82, 2.24) is 4.90 Å². The molecule has 28 heavy (non-hydrogen) atoms. The number of halogens is 1. The number of piperazine rings is 1. The molecule has 3 rings (SSSR count). The Morgan fingerprint density at radius 2 is 1.71 bits per heavy atom. The molecule has 0 N–H and O–H groups in total. The number of methoxy groups -OCH3 is 1. The van der Waals surface area contributed by atoms with Crippen LogP contribution in [0.2, 0.25) is 5.02 Å². The predicted molar refractivity (Wildman–Crippen MR) is 113 cm³/mol. The van der Waals surface area contributed by atoms with Gasteiger partial charge in [-0.15, -0.1) is 0 Å². The van der Waals surface area contributed by atoms with Crippen molar-refractivity contribution in [3.05, 3.63) is 53.1 Å². The van der Waals surface area contributed by atoms with Crippen molar-refractivity contribution in [3.8, 4) is 11.5 Å². The van der Waals surface area contributed by atoms with Gasteiger partial charge in [0.25, 0.3) is 5.91 Å². The number of ether oxygens (including phenoxy) is 2. The summed E-state index contributed by atoms with van der Waals surface area (Å²) in [5, 5.41) is 0.696. The zero-order chi connectivity index (χ0) is 20.1. The third-order valence-electron chi connectivity index (χ3n) is 5.08. The number of rotatable bonds is 6. The van der Waals surface area contributed by atoms with Gasteiger partial charge in [0.15, 0.2) is 6.10 Å². The molecule has 1 fully saturated rings. The number of nitrogens with zero attached hydrogens (tertiary/aromatic N) is 2. The molecule has 6 heteroatoms. The first-order valence-electron chi connectivity index (χ1n) is 9.62. The van der Waals surface area contributed by atoms with Gasteiger partial charge in [0.05, 0.1) is 7.11 Å². The van der Waals surface area contributed by atoms with Gasteiger partial charge in [-0.05, 0) is 61.4 Å². The second-order valence-corrected chi connectivity index (χ2v) is 7.34. The van der Waals surface area contributed by atoms with Gasteiger partial charge in [-0.25, -0.2) is 0 Å². The fourth-order valence-electron chi connectivity index (χ4n) is 3.34. The van der Waals surface area contributed by atoms with E-state index in [2.05, 4.69) is 17.0 Å². The zero-order valence-corrected chi connectivity index (χ0v) is 17.4. The lowest BCUT2D eigenvalue weighted by Gasteiger charge is -2.37. The van der Waals surface area contributed by atoms with Crippen LogP contribution in [0.15, 0.2) is 42.5 Å². The van der Waals surface area contributed by atoms with E-state index < -0.39 is 6.10 Å². The van der Waals surface area contributed by atoms with Gasteiger partial charge in [-0.1, -0.05) is 18.5 Å². The van der Waals surface area contributed by atoms with E-state index in [1.54, 1.807) is 13.2 Å². The Hall–Kier alpha value is -2.40. The number of carbonyl (C=O) groups is 1. The molecular weight excluding hydrogens is 376 g/mol. The minimum absolute atomic E-state index is 0.0458. The lowest BCUT2D eigenvalue weighted by molar-refractivity contribution is -0.139. The summed E-state index contributed by atoms with van der Waals surface area (Å²) in [6.45, 7) is 6.87. The van der Waals surface area contributed by atoms with Crippen LogP contribution in [0.5, 0.6) is 11.5 Å². The molecule has 2 aromatic carbocycles. The Bertz CT molecular complexity index is 802. The van der Waals surface area contributed by atoms with Gasteiger partial charge in [0, 0.05) is 36.9 Å². The summed E-state index contributed by atoms with van der Waals surface area (Å²) in [7, 11) is 1.66. The number of carbonyl (C=O) groups excluding carboxylic acids is 1. The van der Waals surface area contributed by atoms with Gasteiger partial charge >= 0.3 is 0 Å². The van der Waals surface area contributed by atoms with Crippen LogP contribution in [0, 0.1) is 6.92 Å². The molecule has 0 saturated carbocycles. The molecule has 1 saturated heterocycles. The maximum Gasteiger partial charge on any atom is 0.263 e. The smallest absolute Gasteiger partial charge is 0.263 e. The maximum atomic E-state index is 13.0. The molecule has 0 bridgehead atoms. The summed E-state index contributed by atoms with van der Waals surface area (Å²) in [6, 6.07) is 13.5. The lowest BCUT2D eigenvalue weighted by atomic mass is 10.2. The highest BCUT2D eigenvalue weighted by molar-refractivity contribution is 6.31. The molecule has 1 aliphatic rings. The van der Waals surface area contributed by atoms with Crippen LogP contribution in [0.3, 0.4) is 0 Å². The lowest BCUT2D eigenvalue weighted by Crippen LogP contribution is -2.52. The summed E-state index contributed by atoms with van der Waals surface area (Å²) in [5.41, 5.74) is 2.09. The van der Waals surface area contributed by atoms with E-state index in [9.17, 15) is 4.79 Å². The second-order valence-electron chi connectivity index (χ2n) is 6.94. The molecule has 2 aromatic rings. The molecule has 0 aromatic heterocycles. The third kappa shape index (κ3) is 4.71. The fraction of sp³-hybridized carbons (Fsp3) is 0.409. The molecule has 1 heterocycles. The summed E-state index contributed by atoms with van der Waals surface area (Å²) in [5.74, 6) is 1.57. The standard InChI is InChI=1S/C22H27ClN2O3/c1-4-21(28-19-9-10-20(23)16(2)15-19)22(26)25-13-11-24(12-14-25)17-5-7-18(27-3)8-6-17/h5-10,15,21H,4,11-14H2,1-3H3. The Balaban J connectivity index is 1.58. The topological polar surface area (TPSA) is 42.0 Å². The van der Waals surface area contributed by atoms with Crippen molar-refractivity contribution in [1.29, 1.82) is 0 Å². The highest BCUT2D eigenvalue weighted by Crippen LogP contribution is 2.24. The summed E-state index contributed by atoms with van der Waals surface area (Å²) >= 11 is 6.07. The minimum atomic E-state index is -0.479. The normalized spacial score (nSPS) is 15.3.